The Hall–Kier alpha value is -2.57. The number of nitrogens with two attached hydrogens (primary N) is 1. The number of benzene rings is 2. The monoisotopic (exact) mass is 388 g/mol. The van der Waals surface area contributed by atoms with Crippen LogP contribution < -0.4 is 20.7 Å². The number of halogens is 1. The molecule has 0 aromatic heterocycles. The van der Waals surface area contributed by atoms with Gasteiger partial charge in [0.15, 0.2) is 12.3 Å². The number of likely N-dealkylation sites (tertiary alicyclic amines) is 1. The minimum absolute atomic E-state index is 0.157. The number of quaternary nitrogens is 1. The van der Waals surface area contributed by atoms with Crippen LogP contribution in [0.1, 0.15) is 12.8 Å². The van der Waals surface area contributed by atoms with E-state index in [1.807, 2.05) is 30.3 Å². The minimum atomic E-state index is -0.291. The van der Waals surface area contributed by atoms with Gasteiger partial charge in [0.1, 0.15) is 5.75 Å². The fourth-order valence-electron chi connectivity index (χ4n) is 3.28. The fourth-order valence-corrected chi connectivity index (χ4v) is 3.45. The van der Waals surface area contributed by atoms with Crippen LogP contribution in [-0.2, 0) is 9.59 Å². The Labute approximate surface area is 163 Å². The van der Waals surface area contributed by atoms with Gasteiger partial charge in [0.2, 0.25) is 5.91 Å². The predicted molar refractivity (Wildman–Crippen MR) is 104 cm³/mol. The molecule has 6 nitrogen and oxygen atoms in total. The van der Waals surface area contributed by atoms with Crippen molar-refractivity contribution in [1.82, 2.24) is 0 Å². The summed E-state index contributed by atoms with van der Waals surface area (Å²) in [6, 6.07) is 14.4. The summed E-state index contributed by atoms with van der Waals surface area (Å²) in [7, 11) is 0. The van der Waals surface area contributed by atoms with Crippen LogP contribution in [0.4, 0.5) is 5.69 Å². The zero-order valence-corrected chi connectivity index (χ0v) is 15.7. The van der Waals surface area contributed by atoms with Crippen molar-refractivity contribution in [2.75, 3.05) is 25.0 Å². The SMILES string of the molecule is NC(=O)[C@H]1CCC[NH+](CC(=O)Nc2cc(Cl)ccc2Oc2ccccc2)C1. The summed E-state index contributed by atoms with van der Waals surface area (Å²) >= 11 is 6.09. The molecule has 4 N–H and O–H groups in total. The minimum Gasteiger partial charge on any atom is -0.455 e. The molecule has 0 radical (unpaired) electrons. The van der Waals surface area contributed by atoms with Gasteiger partial charge in [0.25, 0.3) is 5.91 Å². The van der Waals surface area contributed by atoms with Gasteiger partial charge in [0, 0.05) is 5.02 Å². The molecule has 1 fully saturated rings. The lowest BCUT2D eigenvalue weighted by molar-refractivity contribution is -0.899. The molecular weight excluding hydrogens is 366 g/mol. The van der Waals surface area contributed by atoms with Crippen molar-refractivity contribution < 1.29 is 19.2 Å². The first kappa shape index (κ1) is 19.2. The average molecular weight is 389 g/mol. The smallest absolute Gasteiger partial charge is 0.279 e. The van der Waals surface area contributed by atoms with Crippen LogP contribution in [0.25, 0.3) is 0 Å². The van der Waals surface area contributed by atoms with E-state index in [9.17, 15) is 9.59 Å². The number of hydrogen-bond acceptors (Lipinski definition) is 3. The Kier molecular flexibility index (Phi) is 6.32. The third-order valence-corrected chi connectivity index (χ3v) is 4.85. The molecule has 27 heavy (non-hydrogen) atoms. The molecule has 1 unspecified atom stereocenters. The molecule has 142 valence electrons. The molecule has 1 aliphatic heterocycles. The summed E-state index contributed by atoms with van der Waals surface area (Å²) in [5.74, 6) is 0.574. The van der Waals surface area contributed by atoms with E-state index in [0.29, 0.717) is 28.8 Å². The van der Waals surface area contributed by atoms with Gasteiger partial charge in [0.05, 0.1) is 24.7 Å². The van der Waals surface area contributed by atoms with Crippen LogP contribution >= 0.6 is 11.6 Å². The Balaban J connectivity index is 1.66. The van der Waals surface area contributed by atoms with Gasteiger partial charge in [-0.1, -0.05) is 29.8 Å². The number of nitrogens with one attached hydrogen (secondary N) is 2. The lowest BCUT2D eigenvalue weighted by Gasteiger charge is -2.27. The van der Waals surface area contributed by atoms with E-state index in [4.69, 9.17) is 22.1 Å². The van der Waals surface area contributed by atoms with Crippen LogP contribution in [0.15, 0.2) is 48.5 Å². The fraction of sp³-hybridized carbons (Fsp3) is 0.300. The zero-order chi connectivity index (χ0) is 19.2. The number of amides is 2. The third-order valence-electron chi connectivity index (χ3n) is 4.62. The second-order valence-corrected chi connectivity index (χ2v) is 7.16. The number of para-hydroxylation sites is 1. The van der Waals surface area contributed by atoms with Gasteiger partial charge < -0.3 is 20.7 Å². The molecule has 0 spiro atoms. The molecule has 1 heterocycles. The van der Waals surface area contributed by atoms with E-state index < -0.39 is 0 Å². The van der Waals surface area contributed by atoms with Gasteiger partial charge in [-0.15, -0.1) is 0 Å². The van der Waals surface area contributed by atoms with Gasteiger partial charge in [-0.25, -0.2) is 0 Å². The van der Waals surface area contributed by atoms with E-state index >= 15 is 0 Å². The van der Waals surface area contributed by atoms with Gasteiger partial charge >= 0.3 is 0 Å². The highest BCUT2D eigenvalue weighted by Crippen LogP contribution is 2.31. The molecule has 1 aliphatic rings. The van der Waals surface area contributed by atoms with Crippen LogP contribution in [0.2, 0.25) is 5.02 Å². The summed E-state index contributed by atoms with van der Waals surface area (Å²) in [6.07, 6.45) is 1.68. The predicted octanol–water partition coefficient (Wildman–Crippen LogP) is 1.85. The lowest BCUT2D eigenvalue weighted by Crippen LogP contribution is -3.14. The van der Waals surface area contributed by atoms with Crippen molar-refractivity contribution in [3.63, 3.8) is 0 Å². The van der Waals surface area contributed by atoms with E-state index in [2.05, 4.69) is 5.32 Å². The molecule has 2 aromatic rings. The van der Waals surface area contributed by atoms with Crippen molar-refractivity contribution in [2.24, 2.45) is 11.7 Å². The first-order valence-corrected chi connectivity index (χ1v) is 9.34. The third kappa shape index (κ3) is 5.45. The molecule has 2 aromatic carbocycles. The summed E-state index contributed by atoms with van der Waals surface area (Å²) in [6.45, 7) is 1.70. The highest BCUT2D eigenvalue weighted by molar-refractivity contribution is 6.31. The largest absolute Gasteiger partial charge is 0.455 e. The van der Waals surface area contributed by atoms with Crippen molar-refractivity contribution in [1.29, 1.82) is 0 Å². The number of ether oxygens (including phenoxy) is 1. The highest BCUT2D eigenvalue weighted by Gasteiger charge is 2.28. The lowest BCUT2D eigenvalue weighted by atomic mass is 9.97. The quantitative estimate of drug-likeness (QED) is 0.706. The number of carbonyl (C=O) groups is 2. The maximum absolute atomic E-state index is 12.5. The molecule has 7 heteroatoms. The molecule has 0 bridgehead atoms. The number of hydrogen-bond donors (Lipinski definition) is 3. The van der Waals surface area contributed by atoms with Crippen molar-refractivity contribution in [2.45, 2.75) is 12.8 Å². The van der Waals surface area contributed by atoms with Crippen molar-refractivity contribution in [3.05, 3.63) is 53.6 Å². The number of anilines is 1. The van der Waals surface area contributed by atoms with E-state index in [1.165, 1.54) is 0 Å². The van der Waals surface area contributed by atoms with Crippen LogP contribution in [-0.4, -0.2) is 31.4 Å². The molecule has 1 saturated heterocycles. The first-order valence-electron chi connectivity index (χ1n) is 8.96. The van der Waals surface area contributed by atoms with Gasteiger partial charge in [-0.05, 0) is 43.2 Å². The Morgan fingerprint density at radius 2 is 2.00 bits per heavy atom. The molecule has 0 saturated carbocycles. The standard InChI is InChI=1S/C20H22ClN3O3/c21-15-8-9-18(27-16-6-2-1-3-7-16)17(11-15)23-19(25)13-24-10-4-5-14(12-24)20(22)26/h1-3,6-9,11,14H,4-5,10,12-13H2,(H2,22,26)(H,23,25)/p+1/t14-/m0/s1. The normalized spacial score (nSPS) is 19.3. The van der Waals surface area contributed by atoms with Crippen LogP contribution in [0.3, 0.4) is 0 Å². The molecule has 2 amide bonds. The summed E-state index contributed by atoms with van der Waals surface area (Å²) in [4.78, 5) is 25.0. The number of carbonyl (C=O) groups excluding carboxylic acids is 2. The molecule has 0 aliphatic carbocycles. The summed E-state index contributed by atoms with van der Waals surface area (Å²) in [5, 5.41) is 3.38. The number of piperidine rings is 1. The van der Waals surface area contributed by atoms with E-state index in [0.717, 1.165) is 24.3 Å². The zero-order valence-electron chi connectivity index (χ0n) is 14.9. The summed E-state index contributed by atoms with van der Waals surface area (Å²) in [5.41, 5.74) is 5.92. The molecule has 2 atom stereocenters. The van der Waals surface area contributed by atoms with Crippen LogP contribution in [0, 0.1) is 5.92 Å². The van der Waals surface area contributed by atoms with Crippen LogP contribution in [0.5, 0.6) is 11.5 Å². The Morgan fingerprint density at radius 3 is 2.74 bits per heavy atom. The van der Waals surface area contributed by atoms with Crippen molar-refractivity contribution >= 4 is 29.1 Å². The van der Waals surface area contributed by atoms with E-state index in [1.54, 1.807) is 18.2 Å². The van der Waals surface area contributed by atoms with Gasteiger partial charge in [-0.2, -0.15) is 0 Å². The number of primary amides is 1. The van der Waals surface area contributed by atoms with Crippen molar-refractivity contribution in [3.8, 4) is 11.5 Å². The maximum atomic E-state index is 12.5. The average Bonchev–Trinajstić information content (AvgIpc) is 2.65. The molecular formula is C20H23ClN3O3+. The topological polar surface area (TPSA) is 85.9 Å². The first-order chi connectivity index (χ1) is 13.0. The Morgan fingerprint density at radius 1 is 1.22 bits per heavy atom. The number of rotatable bonds is 6. The summed E-state index contributed by atoms with van der Waals surface area (Å²) < 4.78 is 5.86. The Bertz CT molecular complexity index is 813. The second kappa shape index (κ2) is 8.88. The van der Waals surface area contributed by atoms with E-state index in [-0.39, 0.29) is 24.3 Å². The second-order valence-electron chi connectivity index (χ2n) is 6.73. The highest BCUT2D eigenvalue weighted by atomic mass is 35.5. The maximum Gasteiger partial charge on any atom is 0.279 e. The van der Waals surface area contributed by atoms with Gasteiger partial charge in [-0.3, -0.25) is 9.59 Å². The molecule has 3 rings (SSSR count).